The average molecular weight is 359 g/mol. The first-order chi connectivity index (χ1) is 12.1. The smallest absolute Gasteiger partial charge is 0.221 e. The van der Waals surface area contributed by atoms with E-state index in [1.165, 1.54) is 0 Å². The number of sulfonamides is 1. The summed E-state index contributed by atoms with van der Waals surface area (Å²) in [7, 11) is -3.34. The van der Waals surface area contributed by atoms with Gasteiger partial charge in [0.1, 0.15) is 11.0 Å². The number of rotatable bonds is 6. The van der Waals surface area contributed by atoms with Crippen molar-refractivity contribution in [1.82, 2.24) is 4.31 Å². The van der Waals surface area contributed by atoms with Crippen molar-refractivity contribution in [3.63, 3.8) is 0 Å². The number of ether oxygens (including phenoxy) is 1. The molecule has 4 nitrogen and oxygen atoms in total. The molecule has 134 valence electrons. The van der Waals surface area contributed by atoms with Crippen LogP contribution in [-0.2, 0) is 16.6 Å². The van der Waals surface area contributed by atoms with Crippen LogP contribution in [0.4, 0.5) is 0 Å². The van der Waals surface area contributed by atoms with Crippen molar-refractivity contribution in [3.05, 3.63) is 65.7 Å². The standard InChI is InChI=1S/C20H25NO3S/c1-2-15-24-19-12-10-17(11-13-19)16-21-14-6-9-20(25(21,22)23)18-7-4-3-5-8-18/h3-5,7-8,10-13,20H,2,6,9,14-16H2,1H3. The Kier molecular flexibility index (Phi) is 5.76. The van der Waals surface area contributed by atoms with Crippen LogP contribution in [0.1, 0.15) is 42.6 Å². The molecule has 25 heavy (non-hydrogen) atoms. The molecule has 1 unspecified atom stereocenters. The van der Waals surface area contributed by atoms with Crippen molar-refractivity contribution < 1.29 is 13.2 Å². The van der Waals surface area contributed by atoms with Crippen LogP contribution in [0.25, 0.3) is 0 Å². The van der Waals surface area contributed by atoms with Crippen LogP contribution in [0.2, 0.25) is 0 Å². The van der Waals surface area contributed by atoms with Gasteiger partial charge in [-0.2, -0.15) is 4.31 Å². The minimum Gasteiger partial charge on any atom is -0.494 e. The molecule has 1 saturated heterocycles. The van der Waals surface area contributed by atoms with Crippen LogP contribution >= 0.6 is 0 Å². The third-order valence-electron chi connectivity index (χ3n) is 4.52. The predicted octanol–water partition coefficient (Wildman–Crippen LogP) is 4.14. The molecule has 0 bridgehead atoms. The molecule has 0 spiro atoms. The van der Waals surface area contributed by atoms with E-state index in [1.807, 2.05) is 54.6 Å². The highest BCUT2D eigenvalue weighted by Crippen LogP contribution is 2.35. The lowest BCUT2D eigenvalue weighted by molar-refractivity contribution is 0.317. The number of hydrogen-bond donors (Lipinski definition) is 0. The monoisotopic (exact) mass is 359 g/mol. The van der Waals surface area contributed by atoms with E-state index in [2.05, 4.69) is 6.92 Å². The highest BCUT2D eigenvalue weighted by atomic mass is 32.2. The molecule has 1 fully saturated rings. The first-order valence-electron chi connectivity index (χ1n) is 8.87. The fraction of sp³-hybridized carbons (Fsp3) is 0.400. The van der Waals surface area contributed by atoms with Gasteiger partial charge in [0.25, 0.3) is 0 Å². The molecule has 2 aromatic rings. The van der Waals surface area contributed by atoms with Crippen LogP contribution < -0.4 is 4.74 Å². The second-order valence-electron chi connectivity index (χ2n) is 6.41. The van der Waals surface area contributed by atoms with Crippen molar-refractivity contribution >= 4 is 10.0 Å². The molecule has 2 aromatic carbocycles. The summed E-state index contributed by atoms with van der Waals surface area (Å²) < 4.78 is 33.3. The van der Waals surface area contributed by atoms with Crippen molar-refractivity contribution in [3.8, 4) is 5.75 Å². The average Bonchev–Trinajstić information content (AvgIpc) is 2.63. The molecule has 0 aromatic heterocycles. The molecule has 3 rings (SSSR count). The van der Waals surface area contributed by atoms with E-state index in [0.29, 0.717) is 26.1 Å². The molecule has 1 atom stereocenters. The van der Waals surface area contributed by atoms with Gasteiger partial charge < -0.3 is 4.74 Å². The maximum Gasteiger partial charge on any atom is 0.221 e. The van der Waals surface area contributed by atoms with E-state index in [9.17, 15) is 8.42 Å². The van der Waals surface area contributed by atoms with Gasteiger partial charge >= 0.3 is 0 Å². The Bertz CT molecular complexity index is 772. The molecule has 0 saturated carbocycles. The van der Waals surface area contributed by atoms with Gasteiger partial charge in [0, 0.05) is 13.1 Å². The van der Waals surface area contributed by atoms with Crippen LogP contribution in [0.15, 0.2) is 54.6 Å². The normalized spacial score (nSPS) is 20.3. The van der Waals surface area contributed by atoms with E-state index in [1.54, 1.807) is 4.31 Å². The van der Waals surface area contributed by atoms with E-state index < -0.39 is 15.3 Å². The number of hydrogen-bond acceptors (Lipinski definition) is 3. The van der Waals surface area contributed by atoms with E-state index in [4.69, 9.17) is 4.74 Å². The van der Waals surface area contributed by atoms with Crippen LogP contribution in [-0.4, -0.2) is 25.9 Å². The summed E-state index contributed by atoms with van der Waals surface area (Å²) in [5.74, 6) is 0.828. The number of nitrogens with zero attached hydrogens (tertiary/aromatic N) is 1. The zero-order chi connectivity index (χ0) is 17.7. The Labute approximate surface area is 150 Å². The lowest BCUT2D eigenvalue weighted by Crippen LogP contribution is -2.39. The first-order valence-corrected chi connectivity index (χ1v) is 10.4. The fourth-order valence-corrected chi connectivity index (χ4v) is 5.24. The second-order valence-corrected chi connectivity index (χ2v) is 8.53. The van der Waals surface area contributed by atoms with Gasteiger partial charge in [-0.1, -0.05) is 49.4 Å². The Morgan fingerprint density at radius 1 is 1.08 bits per heavy atom. The maximum absolute atomic E-state index is 13.0. The van der Waals surface area contributed by atoms with Crippen LogP contribution in [0.5, 0.6) is 5.75 Å². The van der Waals surface area contributed by atoms with Gasteiger partial charge in [-0.15, -0.1) is 0 Å². The van der Waals surface area contributed by atoms with Crippen molar-refractivity contribution in [2.75, 3.05) is 13.2 Å². The fourth-order valence-electron chi connectivity index (χ4n) is 3.20. The molecule has 0 amide bonds. The molecular weight excluding hydrogens is 334 g/mol. The summed E-state index contributed by atoms with van der Waals surface area (Å²) in [6.07, 6.45) is 2.54. The molecule has 0 aliphatic carbocycles. The van der Waals surface area contributed by atoms with Gasteiger partial charge in [-0.25, -0.2) is 8.42 Å². The predicted molar refractivity (Wildman–Crippen MR) is 100.0 cm³/mol. The van der Waals surface area contributed by atoms with Gasteiger partial charge in [-0.05, 0) is 42.5 Å². The van der Waals surface area contributed by atoms with Gasteiger partial charge in [0.05, 0.1) is 6.61 Å². The quantitative estimate of drug-likeness (QED) is 0.779. The second kappa shape index (κ2) is 8.02. The Morgan fingerprint density at radius 3 is 2.48 bits per heavy atom. The summed E-state index contributed by atoms with van der Waals surface area (Å²) in [5, 5.41) is -0.436. The third-order valence-corrected chi connectivity index (χ3v) is 6.78. The summed E-state index contributed by atoms with van der Waals surface area (Å²) in [4.78, 5) is 0. The Balaban J connectivity index is 1.73. The number of benzene rings is 2. The van der Waals surface area contributed by atoms with Crippen LogP contribution in [0, 0.1) is 0 Å². The van der Waals surface area contributed by atoms with E-state index >= 15 is 0 Å². The third kappa shape index (κ3) is 4.22. The van der Waals surface area contributed by atoms with Gasteiger partial charge in [-0.3, -0.25) is 0 Å². The summed E-state index contributed by atoms with van der Waals surface area (Å²) >= 11 is 0. The topological polar surface area (TPSA) is 46.6 Å². The molecule has 1 aliphatic heterocycles. The SMILES string of the molecule is CCCOc1ccc(CN2CCCC(c3ccccc3)S2(=O)=O)cc1. The van der Waals surface area contributed by atoms with E-state index in [0.717, 1.165) is 29.7 Å². The van der Waals surface area contributed by atoms with Crippen molar-refractivity contribution in [2.24, 2.45) is 0 Å². The van der Waals surface area contributed by atoms with Gasteiger partial charge in [0.15, 0.2) is 0 Å². The largest absolute Gasteiger partial charge is 0.494 e. The van der Waals surface area contributed by atoms with Gasteiger partial charge in [0.2, 0.25) is 10.0 Å². The molecule has 0 N–H and O–H groups in total. The Hall–Kier alpha value is -1.85. The summed E-state index contributed by atoms with van der Waals surface area (Å²) in [6.45, 7) is 3.76. The van der Waals surface area contributed by atoms with Crippen LogP contribution in [0.3, 0.4) is 0 Å². The minimum absolute atomic E-state index is 0.416. The van der Waals surface area contributed by atoms with E-state index in [-0.39, 0.29) is 0 Å². The van der Waals surface area contributed by atoms with Crippen molar-refractivity contribution in [2.45, 2.75) is 38.0 Å². The Morgan fingerprint density at radius 2 is 1.80 bits per heavy atom. The maximum atomic E-state index is 13.0. The van der Waals surface area contributed by atoms with Crippen molar-refractivity contribution in [1.29, 1.82) is 0 Å². The minimum atomic E-state index is -3.34. The molecule has 0 radical (unpaired) electrons. The first kappa shape index (κ1) is 18.0. The molecular formula is C20H25NO3S. The molecule has 1 heterocycles. The zero-order valence-electron chi connectivity index (χ0n) is 14.6. The molecule has 1 aliphatic rings. The lowest BCUT2D eigenvalue weighted by Gasteiger charge is -2.32. The summed E-state index contributed by atoms with van der Waals surface area (Å²) in [5.41, 5.74) is 1.87. The zero-order valence-corrected chi connectivity index (χ0v) is 15.4. The lowest BCUT2D eigenvalue weighted by atomic mass is 10.1. The highest BCUT2D eigenvalue weighted by molar-refractivity contribution is 7.89. The summed E-state index contributed by atoms with van der Waals surface area (Å²) in [6, 6.07) is 17.3. The molecule has 5 heteroatoms. The highest BCUT2D eigenvalue weighted by Gasteiger charge is 2.36.